The predicted octanol–water partition coefficient (Wildman–Crippen LogP) is 0.541. The van der Waals surface area contributed by atoms with Crippen LogP contribution in [0.1, 0.15) is 12.8 Å². The van der Waals surface area contributed by atoms with Crippen molar-refractivity contribution >= 4 is 17.5 Å². The van der Waals surface area contributed by atoms with Gasteiger partial charge in [0.2, 0.25) is 11.8 Å². The first-order valence-electron chi connectivity index (χ1n) is 9.26. The molecule has 0 bridgehead atoms. The molecule has 1 aromatic rings. The van der Waals surface area contributed by atoms with Gasteiger partial charge in [-0.15, -0.1) is 0 Å². The van der Waals surface area contributed by atoms with E-state index in [-0.39, 0.29) is 17.7 Å². The molecule has 3 rings (SSSR count). The molecular weight excluding hydrogens is 332 g/mol. The zero-order valence-corrected chi connectivity index (χ0v) is 15.4. The second-order valence-electron chi connectivity index (χ2n) is 7.02. The van der Waals surface area contributed by atoms with Gasteiger partial charge in [0.25, 0.3) is 0 Å². The fraction of sp³-hybridized carbons (Fsp3) is 0.579. The lowest BCUT2D eigenvalue weighted by Crippen LogP contribution is -2.52. The molecule has 0 saturated carbocycles. The second kappa shape index (κ2) is 8.40. The SMILES string of the molecule is COc1ccccc1N1CCN(CC(=O)N2CCC[C@@H](C(N)=O)C2)CC1. The minimum absolute atomic E-state index is 0.0988. The van der Waals surface area contributed by atoms with Gasteiger partial charge in [-0.05, 0) is 25.0 Å². The molecule has 7 heteroatoms. The van der Waals surface area contributed by atoms with Gasteiger partial charge in [0.05, 0.1) is 25.3 Å². The van der Waals surface area contributed by atoms with Crippen molar-refractivity contribution in [2.45, 2.75) is 12.8 Å². The highest BCUT2D eigenvalue weighted by Crippen LogP contribution is 2.28. The first-order valence-corrected chi connectivity index (χ1v) is 9.26. The highest BCUT2D eigenvalue weighted by atomic mass is 16.5. The number of piperidine rings is 1. The number of carbonyl (C=O) groups excluding carboxylic acids is 2. The highest BCUT2D eigenvalue weighted by Gasteiger charge is 2.28. The molecule has 1 atom stereocenters. The number of nitrogens with zero attached hydrogens (tertiary/aromatic N) is 3. The Hall–Kier alpha value is -2.28. The van der Waals surface area contributed by atoms with Crippen LogP contribution in [0.15, 0.2) is 24.3 Å². The lowest BCUT2D eigenvalue weighted by atomic mass is 9.97. The number of primary amides is 1. The largest absolute Gasteiger partial charge is 0.495 e. The lowest BCUT2D eigenvalue weighted by molar-refractivity contribution is -0.136. The number of para-hydroxylation sites is 2. The Kier molecular flexibility index (Phi) is 5.98. The van der Waals surface area contributed by atoms with Crippen LogP contribution in [0.25, 0.3) is 0 Å². The van der Waals surface area contributed by atoms with Crippen LogP contribution in [0.3, 0.4) is 0 Å². The predicted molar refractivity (Wildman–Crippen MR) is 100 cm³/mol. The average molecular weight is 360 g/mol. The molecule has 0 spiro atoms. The fourth-order valence-electron chi connectivity index (χ4n) is 3.77. The number of ether oxygens (including phenoxy) is 1. The van der Waals surface area contributed by atoms with Gasteiger partial charge in [0.1, 0.15) is 5.75 Å². The van der Waals surface area contributed by atoms with Crippen molar-refractivity contribution in [1.29, 1.82) is 0 Å². The van der Waals surface area contributed by atoms with Crippen LogP contribution in [0.2, 0.25) is 0 Å². The van der Waals surface area contributed by atoms with Crippen LogP contribution in [0.4, 0.5) is 5.69 Å². The highest BCUT2D eigenvalue weighted by molar-refractivity contribution is 5.81. The summed E-state index contributed by atoms with van der Waals surface area (Å²) in [6.07, 6.45) is 1.64. The maximum atomic E-state index is 12.6. The van der Waals surface area contributed by atoms with Gasteiger partial charge < -0.3 is 20.3 Å². The number of amides is 2. The fourth-order valence-corrected chi connectivity index (χ4v) is 3.77. The summed E-state index contributed by atoms with van der Waals surface area (Å²) in [5.74, 6) is 0.479. The van der Waals surface area contributed by atoms with Gasteiger partial charge in [-0.2, -0.15) is 0 Å². The number of likely N-dealkylation sites (tertiary alicyclic amines) is 1. The standard InChI is InChI=1S/C19H28N4O3/c1-26-17-7-3-2-6-16(17)22-11-9-21(10-12-22)14-18(24)23-8-4-5-15(13-23)19(20)25/h2-3,6-7,15H,4-5,8-14H2,1H3,(H2,20,25)/t15-/m1/s1. The summed E-state index contributed by atoms with van der Waals surface area (Å²) in [4.78, 5) is 30.3. The van der Waals surface area contributed by atoms with Gasteiger partial charge >= 0.3 is 0 Å². The van der Waals surface area contributed by atoms with Gasteiger partial charge in [-0.3, -0.25) is 14.5 Å². The Morgan fingerprint density at radius 1 is 1.15 bits per heavy atom. The first kappa shape index (κ1) is 18.5. The molecule has 2 aliphatic heterocycles. The smallest absolute Gasteiger partial charge is 0.236 e. The summed E-state index contributed by atoms with van der Waals surface area (Å²) in [7, 11) is 1.69. The van der Waals surface area contributed by atoms with E-state index in [0.29, 0.717) is 13.1 Å². The number of anilines is 1. The van der Waals surface area contributed by atoms with E-state index in [4.69, 9.17) is 10.5 Å². The Morgan fingerprint density at radius 3 is 2.58 bits per heavy atom. The number of carbonyl (C=O) groups is 2. The first-order chi connectivity index (χ1) is 12.6. The van der Waals surface area contributed by atoms with Crippen molar-refractivity contribution in [3.05, 3.63) is 24.3 Å². The number of hydrogen-bond donors (Lipinski definition) is 1. The van der Waals surface area contributed by atoms with Gasteiger partial charge in [-0.25, -0.2) is 0 Å². The summed E-state index contributed by atoms with van der Waals surface area (Å²) in [6, 6.07) is 8.02. The molecule has 0 unspecified atom stereocenters. The van der Waals surface area contributed by atoms with Crippen LogP contribution >= 0.6 is 0 Å². The monoisotopic (exact) mass is 360 g/mol. The molecule has 2 saturated heterocycles. The van der Waals surface area contributed by atoms with Crippen molar-refractivity contribution in [2.24, 2.45) is 11.7 Å². The van der Waals surface area contributed by atoms with Crippen molar-refractivity contribution in [3.8, 4) is 5.75 Å². The van der Waals surface area contributed by atoms with Crippen LogP contribution in [-0.4, -0.2) is 74.5 Å². The van der Waals surface area contributed by atoms with E-state index in [9.17, 15) is 9.59 Å². The Bertz CT molecular complexity index is 643. The normalized spacial score (nSPS) is 21.5. The van der Waals surface area contributed by atoms with E-state index in [1.165, 1.54) is 0 Å². The third kappa shape index (κ3) is 4.27. The van der Waals surface area contributed by atoms with E-state index in [0.717, 1.165) is 57.0 Å². The molecule has 142 valence electrons. The van der Waals surface area contributed by atoms with E-state index in [1.807, 2.05) is 18.2 Å². The number of piperazine rings is 1. The second-order valence-corrected chi connectivity index (χ2v) is 7.02. The lowest BCUT2D eigenvalue weighted by Gasteiger charge is -2.38. The van der Waals surface area contributed by atoms with Crippen LogP contribution in [0, 0.1) is 5.92 Å². The summed E-state index contributed by atoms with van der Waals surface area (Å²) in [5.41, 5.74) is 6.50. The molecule has 2 aliphatic rings. The van der Waals surface area contributed by atoms with E-state index in [2.05, 4.69) is 15.9 Å². The molecule has 2 amide bonds. The Labute approximate surface area is 154 Å². The molecule has 0 radical (unpaired) electrons. The number of nitrogens with two attached hydrogens (primary N) is 1. The number of rotatable bonds is 5. The quantitative estimate of drug-likeness (QED) is 0.829. The molecule has 0 aliphatic carbocycles. The maximum Gasteiger partial charge on any atom is 0.236 e. The molecule has 7 nitrogen and oxygen atoms in total. The van der Waals surface area contributed by atoms with E-state index < -0.39 is 0 Å². The summed E-state index contributed by atoms with van der Waals surface area (Å²) in [6.45, 7) is 4.98. The summed E-state index contributed by atoms with van der Waals surface area (Å²) < 4.78 is 5.44. The zero-order valence-electron chi connectivity index (χ0n) is 15.4. The third-order valence-corrected chi connectivity index (χ3v) is 5.33. The van der Waals surface area contributed by atoms with E-state index in [1.54, 1.807) is 12.0 Å². The summed E-state index contributed by atoms with van der Waals surface area (Å²) >= 11 is 0. The Balaban J connectivity index is 1.51. The minimum atomic E-state index is -0.298. The number of hydrogen-bond acceptors (Lipinski definition) is 5. The maximum absolute atomic E-state index is 12.6. The van der Waals surface area contributed by atoms with Crippen molar-refractivity contribution in [2.75, 3.05) is 57.8 Å². The van der Waals surface area contributed by atoms with Crippen molar-refractivity contribution < 1.29 is 14.3 Å². The molecular formula is C19H28N4O3. The minimum Gasteiger partial charge on any atom is -0.495 e. The van der Waals surface area contributed by atoms with Gasteiger partial charge in [0.15, 0.2) is 0 Å². The number of benzene rings is 1. The number of methoxy groups -OCH3 is 1. The van der Waals surface area contributed by atoms with Gasteiger partial charge in [-0.1, -0.05) is 12.1 Å². The molecule has 0 aromatic heterocycles. The van der Waals surface area contributed by atoms with Crippen LogP contribution in [-0.2, 0) is 9.59 Å². The molecule has 26 heavy (non-hydrogen) atoms. The summed E-state index contributed by atoms with van der Waals surface area (Å²) in [5, 5.41) is 0. The molecule has 2 N–H and O–H groups in total. The van der Waals surface area contributed by atoms with Crippen molar-refractivity contribution in [3.63, 3.8) is 0 Å². The van der Waals surface area contributed by atoms with Crippen LogP contribution < -0.4 is 15.4 Å². The van der Waals surface area contributed by atoms with Crippen molar-refractivity contribution in [1.82, 2.24) is 9.80 Å². The molecule has 2 fully saturated rings. The third-order valence-electron chi connectivity index (χ3n) is 5.33. The Morgan fingerprint density at radius 2 is 1.88 bits per heavy atom. The van der Waals surface area contributed by atoms with E-state index >= 15 is 0 Å². The molecule has 1 aromatic carbocycles. The molecule has 2 heterocycles. The zero-order chi connectivity index (χ0) is 18.5. The van der Waals surface area contributed by atoms with Gasteiger partial charge in [0, 0.05) is 39.3 Å². The van der Waals surface area contributed by atoms with Crippen LogP contribution in [0.5, 0.6) is 5.75 Å². The topological polar surface area (TPSA) is 79.1 Å². The average Bonchev–Trinajstić information content (AvgIpc) is 2.68.